The number of methoxy groups -OCH3 is 1. The van der Waals surface area contributed by atoms with E-state index in [2.05, 4.69) is 12.2 Å². The van der Waals surface area contributed by atoms with Crippen molar-refractivity contribution in [1.29, 1.82) is 0 Å². The molecule has 118 valence electrons. The number of nitrogens with zero attached hydrogens (tertiary/aromatic N) is 1. The number of carbonyl (C=O) groups is 2. The van der Waals surface area contributed by atoms with Gasteiger partial charge in [0.25, 0.3) is 0 Å². The van der Waals surface area contributed by atoms with Gasteiger partial charge in [-0.05, 0) is 49.4 Å². The summed E-state index contributed by atoms with van der Waals surface area (Å²) in [7, 11) is 1.62. The lowest BCUT2D eigenvalue weighted by Gasteiger charge is -2.25. The van der Waals surface area contributed by atoms with E-state index < -0.39 is 0 Å². The van der Waals surface area contributed by atoms with Gasteiger partial charge in [-0.2, -0.15) is 0 Å². The highest BCUT2D eigenvalue weighted by molar-refractivity contribution is 6.05. The molecular formula is C17H22N2O3. The molecule has 1 aromatic carbocycles. The standard InChI is InChI=1S/C17H22N2O3/c1-11-3-8-14-15(9-11)17(21)19(16(14)20)10-18-12-4-6-13(22-2)7-5-12/h4-7,11,14-15,18H,3,8-10H2,1-2H3. The van der Waals surface area contributed by atoms with Gasteiger partial charge in [0, 0.05) is 5.69 Å². The quantitative estimate of drug-likeness (QED) is 0.868. The van der Waals surface area contributed by atoms with Crippen molar-refractivity contribution in [3.05, 3.63) is 24.3 Å². The normalized spacial score (nSPS) is 27.7. The fourth-order valence-electron chi connectivity index (χ4n) is 3.49. The van der Waals surface area contributed by atoms with Crippen LogP contribution in [0.15, 0.2) is 24.3 Å². The number of carbonyl (C=O) groups excluding carboxylic acids is 2. The summed E-state index contributed by atoms with van der Waals surface area (Å²) < 4.78 is 5.11. The Morgan fingerprint density at radius 2 is 1.82 bits per heavy atom. The molecule has 3 unspecified atom stereocenters. The lowest BCUT2D eigenvalue weighted by molar-refractivity contribution is -0.139. The van der Waals surface area contributed by atoms with Crippen LogP contribution in [0.5, 0.6) is 5.75 Å². The lowest BCUT2D eigenvalue weighted by atomic mass is 9.76. The predicted octanol–water partition coefficient (Wildman–Crippen LogP) is 2.49. The van der Waals surface area contributed by atoms with Crippen LogP contribution in [0.3, 0.4) is 0 Å². The van der Waals surface area contributed by atoms with E-state index in [0.717, 1.165) is 30.7 Å². The smallest absolute Gasteiger partial charge is 0.234 e. The average molecular weight is 302 g/mol. The van der Waals surface area contributed by atoms with Gasteiger partial charge in [-0.1, -0.05) is 6.92 Å². The monoisotopic (exact) mass is 302 g/mol. The van der Waals surface area contributed by atoms with Crippen LogP contribution in [0, 0.1) is 17.8 Å². The molecule has 5 heteroatoms. The molecule has 1 aromatic rings. The van der Waals surface area contributed by atoms with Crippen LogP contribution in [0.25, 0.3) is 0 Å². The van der Waals surface area contributed by atoms with E-state index in [9.17, 15) is 9.59 Å². The van der Waals surface area contributed by atoms with Crippen molar-refractivity contribution in [1.82, 2.24) is 4.90 Å². The summed E-state index contributed by atoms with van der Waals surface area (Å²) in [5.74, 6) is 1.09. The number of imide groups is 1. The summed E-state index contributed by atoms with van der Waals surface area (Å²) in [6.45, 7) is 2.40. The SMILES string of the molecule is COc1ccc(NCN2C(=O)C3CCC(C)CC3C2=O)cc1. The molecule has 0 aromatic heterocycles. The third-order valence-electron chi connectivity index (χ3n) is 4.81. The number of rotatable bonds is 4. The Morgan fingerprint density at radius 1 is 1.14 bits per heavy atom. The molecule has 1 N–H and O–H groups in total. The number of benzene rings is 1. The van der Waals surface area contributed by atoms with Gasteiger partial charge in [0.05, 0.1) is 25.6 Å². The number of hydrogen-bond acceptors (Lipinski definition) is 4. The molecule has 2 fully saturated rings. The Kier molecular flexibility index (Phi) is 4.05. The topological polar surface area (TPSA) is 58.6 Å². The Hall–Kier alpha value is -2.04. The van der Waals surface area contributed by atoms with E-state index in [1.807, 2.05) is 24.3 Å². The first-order chi connectivity index (χ1) is 10.6. The molecule has 5 nitrogen and oxygen atoms in total. The summed E-state index contributed by atoms with van der Waals surface area (Å²) in [4.78, 5) is 26.3. The summed E-state index contributed by atoms with van der Waals surface area (Å²) in [5.41, 5.74) is 0.865. The van der Waals surface area contributed by atoms with Crippen LogP contribution < -0.4 is 10.1 Å². The molecule has 1 aliphatic carbocycles. The second-order valence-corrected chi connectivity index (χ2v) is 6.30. The van der Waals surface area contributed by atoms with Crippen molar-refractivity contribution < 1.29 is 14.3 Å². The molecule has 0 radical (unpaired) electrons. The lowest BCUT2D eigenvalue weighted by Crippen LogP contribution is -2.35. The first-order valence-electron chi connectivity index (χ1n) is 7.83. The van der Waals surface area contributed by atoms with E-state index in [1.54, 1.807) is 7.11 Å². The molecule has 1 saturated heterocycles. The summed E-state index contributed by atoms with van der Waals surface area (Å²) in [5, 5.41) is 3.15. The Labute approximate surface area is 130 Å². The van der Waals surface area contributed by atoms with E-state index in [-0.39, 0.29) is 30.3 Å². The second kappa shape index (κ2) is 5.99. The van der Waals surface area contributed by atoms with E-state index in [4.69, 9.17) is 4.74 Å². The molecule has 1 aliphatic heterocycles. The van der Waals surface area contributed by atoms with Gasteiger partial charge in [-0.25, -0.2) is 0 Å². The molecule has 1 heterocycles. The minimum absolute atomic E-state index is 0.0112. The molecule has 2 aliphatic rings. The van der Waals surface area contributed by atoms with Gasteiger partial charge in [0.15, 0.2) is 0 Å². The maximum absolute atomic E-state index is 12.5. The van der Waals surface area contributed by atoms with Crippen LogP contribution in [-0.2, 0) is 9.59 Å². The summed E-state index contributed by atoms with van der Waals surface area (Å²) in [6.07, 6.45) is 2.73. The Balaban J connectivity index is 1.64. The zero-order valence-electron chi connectivity index (χ0n) is 13.0. The number of amides is 2. The van der Waals surface area contributed by atoms with Crippen LogP contribution in [0.2, 0.25) is 0 Å². The first-order valence-corrected chi connectivity index (χ1v) is 7.83. The summed E-state index contributed by atoms with van der Waals surface area (Å²) in [6, 6.07) is 7.44. The number of likely N-dealkylation sites (tertiary alicyclic amines) is 1. The zero-order chi connectivity index (χ0) is 15.7. The number of nitrogens with one attached hydrogen (secondary N) is 1. The average Bonchev–Trinajstić information content (AvgIpc) is 2.77. The minimum Gasteiger partial charge on any atom is -0.497 e. The maximum atomic E-state index is 12.5. The van der Waals surface area contributed by atoms with Crippen molar-refractivity contribution in [2.75, 3.05) is 19.1 Å². The van der Waals surface area contributed by atoms with E-state index >= 15 is 0 Å². The number of hydrogen-bond donors (Lipinski definition) is 1. The van der Waals surface area contributed by atoms with Crippen molar-refractivity contribution in [3.8, 4) is 5.75 Å². The highest BCUT2D eigenvalue weighted by Gasteiger charge is 2.49. The minimum atomic E-state index is -0.103. The second-order valence-electron chi connectivity index (χ2n) is 6.30. The fraction of sp³-hybridized carbons (Fsp3) is 0.529. The van der Waals surface area contributed by atoms with Crippen LogP contribution in [0.1, 0.15) is 26.2 Å². The molecule has 0 bridgehead atoms. The number of anilines is 1. The van der Waals surface area contributed by atoms with Gasteiger partial charge in [-0.15, -0.1) is 0 Å². The predicted molar refractivity (Wildman–Crippen MR) is 83.3 cm³/mol. The van der Waals surface area contributed by atoms with Crippen LogP contribution in [0.4, 0.5) is 5.69 Å². The van der Waals surface area contributed by atoms with E-state index in [1.165, 1.54) is 4.90 Å². The molecule has 0 spiro atoms. The van der Waals surface area contributed by atoms with Gasteiger partial charge >= 0.3 is 0 Å². The van der Waals surface area contributed by atoms with Gasteiger partial charge < -0.3 is 10.1 Å². The third kappa shape index (κ3) is 2.67. The van der Waals surface area contributed by atoms with Crippen molar-refractivity contribution in [2.24, 2.45) is 17.8 Å². The van der Waals surface area contributed by atoms with E-state index in [0.29, 0.717) is 5.92 Å². The van der Waals surface area contributed by atoms with Crippen molar-refractivity contribution in [2.45, 2.75) is 26.2 Å². The van der Waals surface area contributed by atoms with Crippen molar-refractivity contribution in [3.63, 3.8) is 0 Å². The largest absolute Gasteiger partial charge is 0.497 e. The van der Waals surface area contributed by atoms with Gasteiger partial charge in [0.2, 0.25) is 11.8 Å². The molecular weight excluding hydrogens is 280 g/mol. The zero-order valence-corrected chi connectivity index (χ0v) is 13.0. The number of ether oxygens (including phenoxy) is 1. The van der Waals surface area contributed by atoms with Crippen LogP contribution in [-0.4, -0.2) is 30.5 Å². The maximum Gasteiger partial charge on any atom is 0.234 e. The first kappa shape index (κ1) is 14.9. The highest BCUT2D eigenvalue weighted by atomic mass is 16.5. The molecule has 1 saturated carbocycles. The fourth-order valence-corrected chi connectivity index (χ4v) is 3.49. The third-order valence-corrected chi connectivity index (χ3v) is 4.81. The molecule has 2 amide bonds. The molecule has 3 rings (SSSR count). The van der Waals surface area contributed by atoms with Gasteiger partial charge in [0.1, 0.15) is 5.75 Å². The molecule has 3 atom stereocenters. The molecule has 22 heavy (non-hydrogen) atoms. The van der Waals surface area contributed by atoms with Gasteiger partial charge in [-0.3, -0.25) is 14.5 Å². The Morgan fingerprint density at radius 3 is 2.50 bits per heavy atom. The van der Waals surface area contributed by atoms with Crippen LogP contribution >= 0.6 is 0 Å². The summed E-state index contributed by atoms with van der Waals surface area (Å²) >= 11 is 0. The Bertz CT molecular complexity index is 570. The van der Waals surface area contributed by atoms with Crippen molar-refractivity contribution >= 4 is 17.5 Å². The number of fused-ring (bicyclic) bond motifs is 1. The highest BCUT2D eigenvalue weighted by Crippen LogP contribution is 2.40.